The van der Waals surface area contributed by atoms with Gasteiger partial charge in [-0.3, -0.25) is 0 Å². The minimum absolute atomic E-state index is 0.409. The second kappa shape index (κ2) is 4.51. The lowest BCUT2D eigenvalue weighted by atomic mass is 9.66. The maximum atomic E-state index is 5.80. The Labute approximate surface area is 118 Å². The first-order valence-electron chi connectivity index (χ1n) is 7.15. The molecule has 2 nitrogen and oxygen atoms in total. The van der Waals surface area contributed by atoms with Gasteiger partial charge in [-0.25, -0.2) is 0 Å². The molecule has 2 unspecified atom stereocenters. The van der Waals surface area contributed by atoms with Gasteiger partial charge in [-0.05, 0) is 24.0 Å². The highest BCUT2D eigenvalue weighted by molar-refractivity contribution is 8.00. The SMILES string of the molecule is CO[C@H]1CC[C@@H](OC)C2C1[C@H]1S[C@@H]2c2ccccc21. The van der Waals surface area contributed by atoms with Crippen molar-refractivity contribution in [3.8, 4) is 0 Å². The molecule has 0 N–H and O–H groups in total. The zero-order chi connectivity index (χ0) is 13.0. The Balaban J connectivity index is 1.78. The monoisotopic (exact) mass is 276 g/mol. The summed E-state index contributed by atoms with van der Waals surface area (Å²) in [6, 6.07) is 8.97. The second-order valence-electron chi connectivity index (χ2n) is 5.89. The van der Waals surface area contributed by atoms with Gasteiger partial charge in [0.15, 0.2) is 0 Å². The highest BCUT2D eigenvalue weighted by Crippen LogP contribution is 2.69. The zero-order valence-electron chi connectivity index (χ0n) is 11.4. The van der Waals surface area contributed by atoms with Gasteiger partial charge in [0.25, 0.3) is 0 Å². The molecule has 1 saturated heterocycles. The molecular formula is C16H20O2S. The van der Waals surface area contributed by atoms with E-state index >= 15 is 0 Å². The van der Waals surface area contributed by atoms with Crippen LogP contribution in [0.3, 0.4) is 0 Å². The van der Waals surface area contributed by atoms with Crippen LogP contribution in [-0.4, -0.2) is 26.4 Å². The summed E-state index contributed by atoms with van der Waals surface area (Å²) in [4.78, 5) is 0. The molecule has 0 aromatic heterocycles. The first kappa shape index (κ1) is 12.2. The molecule has 2 bridgehead atoms. The van der Waals surface area contributed by atoms with Crippen LogP contribution in [0.25, 0.3) is 0 Å². The van der Waals surface area contributed by atoms with E-state index in [9.17, 15) is 0 Å². The zero-order valence-corrected chi connectivity index (χ0v) is 12.2. The summed E-state index contributed by atoms with van der Waals surface area (Å²) < 4.78 is 11.6. The fraction of sp³-hybridized carbons (Fsp3) is 0.625. The van der Waals surface area contributed by atoms with Gasteiger partial charge in [0, 0.05) is 36.6 Å². The molecule has 0 amide bonds. The molecule has 2 fully saturated rings. The standard InChI is InChI=1S/C16H20O2S/c1-17-11-7-8-12(18-2)14-13(11)15-9-5-3-4-6-10(9)16(14)19-15/h3-6,11-16H,7-8H2,1-2H3/t11-,12+,13?,14?,15-,16+. The van der Waals surface area contributed by atoms with Crippen LogP contribution in [0.5, 0.6) is 0 Å². The molecule has 0 radical (unpaired) electrons. The van der Waals surface area contributed by atoms with Crippen molar-refractivity contribution >= 4 is 11.8 Å². The van der Waals surface area contributed by atoms with E-state index in [-0.39, 0.29) is 0 Å². The van der Waals surface area contributed by atoms with Crippen LogP contribution in [0.15, 0.2) is 24.3 Å². The van der Waals surface area contributed by atoms with Crippen LogP contribution in [0, 0.1) is 11.8 Å². The minimum atomic E-state index is 0.409. The van der Waals surface area contributed by atoms with E-state index in [1.165, 1.54) is 0 Å². The molecule has 1 saturated carbocycles. The quantitative estimate of drug-likeness (QED) is 0.822. The van der Waals surface area contributed by atoms with E-state index in [1.54, 1.807) is 11.1 Å². The van der Waals surface area contributed by atoms with E-state index in [4.69, 9.17) is 9.47 Å². The van der Waals surface area contributed by atoms with Crippen molar-refractivity contribution in [1.29, 1.82) is 0 Å². The van der Waals surface area contributed by atoms with Crippen LogP contribution in [0.2, 0.25) is 0 Å². The van der Waals surface area contributed by atoms with E-state index in [0.29, 0.717) is 34.5 Å². The van der Waals surface area contributed by atoms with Crippen molar-refractivity contribution in [1.82, 2.24) is 0 Å². The summed E-state index contributed by atoms with van der Waals surface area (Å²) in [6.45, 7) is 0. The first-order chi connectivity index (χ1) is 9.35. The molecule has 19 heavy (non-hydrogen) atoms. The van der Waals surface area contributed by atoms with Gasteiger partial charge in [0.1, 0.15) is 0 Å². The van der Waals surface area contributed by atoms with Crippen LogP contribution in [0.1, 0.15) is 34.5 Å². The molecule has 102 valence electrons. The molecule has 1 aromatic rings. The highest BCUT2D eigenvalue weighted by atomic mass is 32.2. The van der Waals surface area contributed by atoms with Crippen molar-refractivity contribution in [3.63, 3.8) is 0 Å². The Hall–Kier alpha value is -0.510. The fourth-order valence-corrected chi connectivity index (χ4v) is 6.60. The predicted octanol–water partition coefficient (Wildman–Crippen LogP) is 3.59. The van der Waals surface area contributed by atoms with Gasteiger partial charge in [-0.2, -0.15) is 0 Å². The van der Waals surface area contributed by atoms with E-state index in [1.807, 2.05) is 14.2 Å². The van der Waals surface area contributed by atoms with Crippen LogP contribution < -0.4 is 0 Å². The molecule has 3 aliphatic rings. The number of hydrogen-bond acceptors (Lipinski definition) is 3. The predicted molar refractivity (Wildman–Crippen MR) is 77.3 cm³/mol. The highest BCUT2D eigenvalue weighted by Gasteiger charge is 2.58. The summed E-state index contributed by atoms with van der Waals surface area (Å²) in [5.41, 5.74) is 3.11. The molecule has 0 spiro atoms. The van der Waals surface area contributed by atoms with Crippen molar-refractivity contribution in [3.05, 3.63) is 35.4 Å². The summed E-state index contributed by atoms with van der Waals surface area (Å²) in [6.07, 6.45) is 3.10. The smallest absolute Gasteiger partial charge is 0.0618 e. The molecule has 3 heteroatoms. The summed E-state index contributed by atoms with van der Waals surface area (Å²) in [5.74, 6) is 1.27. The second-order valence-corrected chi connectivity index (χ2v) is 7.17. The number of thioether (sulfide) groups is 1. The van der Waals surface area contributed by atoms with Crippen LogP contribution in [-0.2, 0) is 9.47 Å². The van der Waals surface area contributed by atoms with Gasteiger partial charge in [-0.15, -0.1) is 11.8 Å². The fourth-order valence-electron chi connectivity index (χ4n) is 4.48. The van der Waals surface area contributed by atoms with Crippen LogP contribution >= 0.6 is 11.8 Å². The third-order valence-corrected chi connectivity index (χ3v) is 6.97. The summed E-state index contributed by atoms with van der Waals surface area (Å²) >= 11 is 2.14. The Morgan fingerprint density at radius 2 is 1.37 bits per heavy atom. The lowest BCUT2D eigenvalue weighted by Crippen LogP contribution is -2.44. The number of fused-ring (bicyclic) bond motifs is 8. The normalized spacial score (nSPS) is 43.1. The summed E-state index contributed by atoms with van der Waals surface area (Å²) in [5, 5.41) is 1.24. The number of rotatable bonds is 2. The van der Waals surface area contributed by atoms with Crippen molar-refractivity contribution in [2.75, 3.05) is 14.2 Å². The number of hydrogen-bond donors (Lipinski definition) is 0. The molecule has 1 aliphatic carbocycles. The van der Waals surface area contributed by atoms with Gasteiger partial charge in [0.05, 0.1) is 12.2 Å². The maximum Gasteiger partial charge on any atom is 0.0618 e. The maximum absolute atomic E-state index is 5.80. The molecule has 2 heterocycles. The van der Waals surface area contributed by atoms with Crippen LogP contribution in [0.4, 0.5) is 0 Å². The van der Waals surface area contributed by atoms with Gasteiger partial charge in [0.2, 0.25) is 0 Å². The minimum Gasteiger partial charge on any atom is -0.381 e. The number of methoxy groups -OCH3 is 2. The van der Waals surface area contributed by atoms with E-state index < -0.39 is 0 Å². The Bertz CT molecular complexity index is 446. The largest absolute Gasteiger partial charge is 0.381 e. The lowest BCUT2D eigenvalue weighted by molar-refractivity contribution is -0.0751. The molecule has 1 aromatic carbocycles. The summed E-state index contributed by atoms with van der Waals surface area (Å²) in [7, 11) is 3.74. The van der Waals surface area contributed by atoms with E-state index in [0.717, 1.165) is 12.8 Å². The lowest BCUT2D eigenvalue weighted by Gasteiger charge is -2.43. The van der Waals surface area contributed by atoms with Gasteiger partial charge in [-0.1, -0.05) is 24.3 Å². The molecular weight excluding hydrogens is 256 g/mol. The Morgan fingerprint density at radius 1 is 0.895 bits per heavy atom. The van der Waals surface area contributed by atoms with Crippen molar-refractivity contribution in [2.24, 2.45) is 11.8 Å². The molecule has 4 rings (SSSR count). The topological polar surface area (TPSA) is 18.5 Å². The molecule has 6 atom stereocenters. The number of ether oxygens (including phenoxy) is 2. The Kier molecular flexibility index (Phi) is 2.90. The van der Waals surface area contributed by atoms with Crippen molar-refractivity contribution in [2.45, 2.75) is 35.5 Å². The first-order valence-corrected chi connectivity index (χ1v) is 8.09. The van der Waals surface area contributed by atoms with E-state index in [2.05, 4.69) is 36.0 Å². The number of benzene rings is 1. The Morgan fingerprint density at radius 3 is 1.79 bits per heavy atom. The third kappa shape index (κ3) is 1.58. The van der Waals surface area contributed by atoms with Gasteiger partial charge < -0.3 is 9.47 Å². The molecule has 2 aliphatic heterocycles. The third-order valence-electron chi connectivity index (χ3n) is 5.25. The average Bonchev–Trinajstić information content (AvgIpc) is 3.04. The van der Waals surface area contributed by atoms with Crippen molar-refractivity contribution < 1.29 is 9.47 Å². The van der Waals surface area contributed by atoms with Gasteiger partial charge >= 0.3 is 0 Å². The average molecular weight is 276 g/mol.